The summed E-state index contributed by atoms with van der Waals surface area (Å²) < 4.78 is 1.06. The number of thiazole rings is 1. The number of nitrogens with two attached hydrogens (primary N) is 1. The van der Waals surface area contributed by atoms with Crippen LogP contribution in [0.25, 0.3) is 10.2 Å². The quantitative estimate of drug-likeness (QED) is 0.642. The maximum Gasteiger partial charge on any atom is 0.337 e. The number of nitrogens with one attached hydrogen (secondary N) is 1. The fraction of sp³-hybridized carbons (Fsp3) is 0. The van der Waals surface area contributed by atoms with Crippen LogP contribution in [0, 0.1) is 0 Å². The molecule has 0 spiro atoms. The van der Waals surface area contributed by atoms with E-state index in [2.05, 4.69) is 10.3 Å². The van der Waals surface area contributed by atoms with Gasteiger partial charge in [-0.15, -0.1) is 11.3 Å². The number of nitrogens with zero attached hydrogens (tertiary/aromatic N) is 1. The molecule has 0 aliphatic heterocycles. The fourth-order valence-corrected chi connectivity index (χ4v) is 2.67. The summed E-state index contributed by atoms with van der Waals surface area (Å²) in [6.45, 7) is 0. The highest BCUT2D eigenvalue weighted by molar-refractivity contribution is 7.16. The van der Waals surface area contributed by atoms with Gasteiger partial charge >= 0.3 is 5.97 Å². The molecule has 0 amide bonds. The third-order valence-electron chi connectivity index (χ3n) is 2.95. The zero-order valence-electron chi connectivity index (χ0n) is 10.3. The Hall–Kier alpha value is -2.60. The monoisotopic (exact) mass is 285 g/mol. The predicted octanol–water partition coefficient (Wildman–Crippen LogP) is 3.32. The molecule has 5 nitrogen and oxygen atoms in total. The van der Waals surface area contributed by atoms with Gasteiger partial charge in [-0.05, 0) is 30.3 Å². The highest BCUT2D eigenvalue weighted by atomic mass is 32.1. The maximum atomic E-state index is 11.1. The summed E-state index contributed by atoms with van der Waals surface area (Å²) >= 11 is 1.55. The summed E-state index contributed by atoms with van der Waals surface area (Å²) in [4.78, 5) is 15.3. The largest absolute Gasteiger partial charge is 0.478 e. The molecule has 0 saturated heterocycles. The number of para-hydroxylation sites is 1. The number of fused-ring (bicyclic) bond motifs is 1. The summed E-state index contributed by atoms with van der Waals surface area (Å²) in [5.41, 5.74) is 10.3. The van der Waals surface area contributed by atoms with Gasteiger partial charge in [0.1, 0.15) is 0 Å². The van der Waals surface area contributed by atoms with Gasteiger partial charge in [-0.3, -0.25) is 0 Å². The molecule has 3 rings (SSSR count). The number of aromatic nitrogens is 1. The van der Waals surface area contributed by atoms with E-state index in [1.807, 2.05) is 18.2 Å². The molecule has 2 aromatic carbocycles. The highest BCUT2D eigenvalue weighted by Crippen LogP contribution is 2.28. The Kier molecular flexibility index (Phi) is 3.00. The normalized spacial score (nSPS) is 10.6. The number of nitrogen functional groups attached to an aromatic ring is 1. The lowest BCUT2D eigenvalue weighted by molar-refractivity contribution is 0.0698. The van der Waals surface area contributed by atoms with E-state index in [1.165, 1.54) is 6.07 Å². The van der Waals surface area contributed by atoms with Crippen LogP contribution >= 0.6 is 11.3 Å². The third-order valence-corrected chi connectivity index (χ3v) is 3.74. The van der Waals surface area contributed by atoms with Gasteiger partial charge in [-0.2, -0.15) is 0 Å². The van der Waals surface area contributed by atoms with E-state index in [9.17, 15) is 4.79 Å². The van der Waals surface area contributed by atoms with E-state index in [4.69, 9.17) is 10.8 Å². The van der Waals surface area contributed by atoms with Crippen molar-refractivity contribution in [3.8, 4) is 0 Å². The molecule has 0 radical (unpaired) electrons. The van der Waals surface area contributed by atoms with Crippen LogP contribution in [-0.4, -0.2) is 16.1 Å². The number of benzene rings is 2. The molecule has 4 N–H and O–H groups in total. The molecule has 0 aliphatic rings. The van der Waals surface area contributed by atoms with E-state index in [1.54, 1.807) is 29.0 Å². The highest BCUT2D eigenvalue weighted by Gasteiger charge is 2.11. The van der Waals surface area contributed by atoms with Gasteiger partial charge in [-0.25, -0.2) is 9.78 Å². The van der Waals surface area contributed by atoms with Crippen molar-refractivity contribution in [1.29, 1.82) is 0 Å². The van der Waals surface area contributed by atoms with E-state index in [0.29, 0.717) is 5.69 Å². The van der Waals surface area contributed by atoms with Gasteiger partial charge in [0.2, 0.25) is 0 Å². The van der Waals surface area contributed by atoms with Crippen molar-refractivity contribution >= 4 is 44.6 Å². The molecule has 1 aromatic heterocycles. The maximum absolute atomic E-state index is 11.1. The molecular weight excluding hydrogens is 274 g/mol. The predicted molar refractivity (Wildman–Crippen MR) is 80.7 cm³/mol. The minimum Gasteiger partial charge on any atom is -0.478 e. The lowest BCUT2D eigenvalue weighted by Crippen LogP contribution is -2.05. The van der Waals surface area contributed by atoms with Crippen LogP contribution in [0.2, 0.25) is 0 Å². The first-order valence-corrected chi connectivity index (χ1v) is 6.75. The van der Waals surface area contributed by atoms with Crippen LogP contribution in [0.3, 0.4) is 0 Å². The molecule has 0 unspecified atom stereocenters. The number of carbonyl (C=O) groups is 1. The Labute approximate surface area is 118 Å². The van der Waals surface area contributed by atoms with Crippen LogP contribution in [0.15, 0.2) is 41.9 Å². The molecule has 0 saturated carbocycles. The number of carboxylic acid groups (broad SMARTS) is 1. The molecule has 100 valence electrons. The molecule has 6 heteroatoms. The zero-order valence-corrected chi connectivity index (χ0v) is 11.1. The number of anilines is 3. The van der Waals surface area contributed by atoms with Crippen molar-refractivity contribution < 1.29 is 9.90 Å². The summed E-state index contributed by atoms with van der Waals surface area (Å²) in [5.74, 6) is -1.04. The topological polar surface area (TPSA) is 88.2 Å². The molecule has 0 aliphatic carbocycles. The first kappa shape index (κ1) is 12.4. The van der Waals surface area contributed by atoms with Crippen LogP contribution in [0.5, 0.6) is 0 Å². The van der Waals surface area contributed by atoms with Crippen molar-refractivity contribution in [1.82, 2.24) is 4.98 Å². The van der Waals surface area contributed by atoms with E-state index < -0.39 is 5.97 Å². The SMILES string of the molecule is Nc1c(Nc2ccc3ncsc3c2)cccc1C(=O)O. The average molecular weight is 285 g/mol. The van der Waals surface area contributed by atoms with Crippen molar-refractivity contribution in [2.24, 2.45) is 0 Å². The minimum absolute atomic E-state index is 0.0915. The number of rotatable bonds is 3. The molecule has 1 heterocycles. The van der Waals surface area contributed by atoms with Crippen LogP contribution in [-0.2, 0) is 0 Å². The van der Waals surface area contributed by atoms with Crippen molar-refractivity contribution in [3.63, 3.8) is 0 Å². The van der Waals surface area contributed by atoms with Gasteiger partial charge in [-0.1, -0.05) is 6.07 Å². The Balaban J connectivity index is 1.98. The first-order chi connectivity index (χ1) is 9.65. The second kappa shape index (κ2) is 4.82. The van der Waals surface area contributed by atoms with Gasteiger partial charge < -0.3 is 16.2 Å². The van der Waals surface area contributed by atoms with E-state index in [0.717, 1.165) is 15.9 Å². The first-order valence-electron chi connectivity index (χ1n) is 5.87. The average Bonchev–Trinajstić information content (AvgIpc) is 2.88. The lowest BCUT2D eigenvalue weighted by Gasteiger charge is -2.11. The summed E-state index contributed by atoms with van der Waals surface area (Å²) in [7, 11) is 0. The van der Waals surface area contributed by atoms with Crippen molar-refractivity contribution in [2.75, 3.05) is 11.1 Å². The van der Waals surface area contributed by atoms with Gasteiger partial charge in [0.05, 0.1) is 32.7 Å². The van der Waals surface area contributed by atoms with E-state index >= 15 is 0 Å². The summed E-state index contributed by atoms with van der Waals surface area (Å²) in [6, 6.07) is 10.6. The molecule has 0 bridgehead atoms. The Morgan fingerprint density at radius 2 is 2.15 bits per heavy atom. The standard InChI is InChI=1S/C14H11N3O2S/c15-13-9(14(18)19)2-1-3-11(13)17-8-4-5-10-12(6-8)20-7-16-10/h1-7,17H,15H2,(H,18,19). The Morgan fingerprint density at radius 3 is 2.95 bits per heavy atom. The molecule has 0 fully saturated rings. The Bertz CT molecular complexity index is 798. The molecule has 3 aromatic rings. The lowest BCUT2D eigenvalue weighted by atomic mass is 10.1. The zero-order chi connectivity index (χ0) is 14.1. The van der Waals surface area contributed by atoms with Gasteiger partial charge in [0, 0.05) is 5.69 Å². The fourth-order valence-electron chi connectivity index (χ4n) is 1.95. The number of aromatic carboxylic acids is 1. The molecule has 0 atom stereocenters. The van der Waals surface area contributed by atoms with E-state index in [-0.39, 0.29) is 11.3 Å². The summed E-state index contributed by atoms with van der Waals surface area (Å²) in [5, 5.41) is 12.2. The molecular formula is C14H11N3O2S. The molecule has 20 heavy (non-hydrogen) atoms. The third kappa shape index (κ3) is 2.17. The van der Waals surface area contributed by atoms with Crippen molar-refractivity contribution in [3.05, 3.63) is 47.5 Å². The van der Waals surface area contributed by atoms with Crippen LogP contribution in [0.1, 0.15) is 10.4 Å². The number of hydrogen-bond acceptors (Lipinski definition) is 5. The number of carboxylic acids is 1. The van der Waals surface area contributed by atoms with Crippen LogP contribution in [0.4, 0.5) is 17.1 Å². The summed E-state index contributed by atoms with van der Waals surface area (Å²) in [6.07, 6.45) is 0. The smallest absolute Gasteiger partial charge is 0.337 e. The van der Waals surface area contributed by atoms with Gasteiger partial charge in [0.25, 0.3) is 0 Å². The second-order valence-electron chi connectivity index (χ2n) is 4.23. The number of hydrogen-bond donors (Lipinski definition) is 3. The van der Waals surface area contributed by atoms with Gasteiger partial charge in [0.15, 0.2) is 0 Å². The Morgan fingerprint density at radius 1 is 1.30 bits per heavy atom. The van der Waals surface area contributed by atoms with Crippen molar-refractivity contribution in [2.45, 2.75) is 0 Å². The minimum atomic E-state index is -1.04. The second-order valence-corrected chi connectivity index (χ2v) is 5.12. The van der Waals surface area contributed by atoms with Crippen LogP contribution < -0.4 is 11.1 Å².